The minimum absolute atomic E-state index is 0.694. The molecule has 0 aliphatic carbocycles. The summed E-state index contributed by atoms with van der Waals surface area (Å²) in [5, 5.41) is 4.04. The Morgan fingerprint density at radius 3 is 2.92 bits per heavy atom. The Balaban J connectivity index is 2.60. The van der Waals surface area contributed by atoms with Gasteiger partial charge in [-0.15, -0.1) is 0 Å². The van der Waals surface area contributed by atoms with E-state index in [1.54, 1.807) is 10.9 Å². The monoisotopic (exact) mass is 162 g/mol. The van der Waals surface area contributed by atoms with Gasteiger partial charge in [0.05, 0.1) is 17.6 Å². The highest BCUT2D eigenvalue weighted by Crippen LogP contribution is 2.22. The topological polar surface area (TPSA) is 59.6 Å². The van der Waals surface area contributed by atoms with Gasteiger partial charge in [0, 0.05) is 13.2 Å². The Bertz CT molecular complexity index is 352. The lowest BCUT2D eigenvalue weighted by molar-refractivity contribution is 0.774. The van der Waals surface area contributed by atoms with E-state index >= 15 is 0 Å². The van der Waals surface area contributed by atoms with Gasteiger partial charge in [0.1, 0.15) is 5.69 Å². The van der Waals surface area contributed by atoms with Crippen LogP contribution in [0.15, 0.2) is 24.5 Å². The van der Waals surface area contributed by atoms with Gasteiger partial charge in [-0.3, -0.25) is 4.68 Å². The number of hydrogen-bond acceptors (Lipinski definition) is 2. The molecule has 0 aromatic carbocycles. The van der Waals surface area contributed by atoms with Crippen molar-refractivity contribution in [3.8, 4) is 11.4 Å². The van der Waals surface area contributed by atoms with Crippen LogP contribution in [0.25, 0.3) is 11.4 Å². The van der Waals surface area contributed by atoms with Crippen LogP contribution in [0.5, 0.6) is 0 Å². The SMILES string of the molecule is Cn1ncc(N)c1-c1ccc[nH]1. The second-order valence-electron chi connectivity index (χ2n) is 2.66. The number of aromatic nitrogens is 3. The van der Waals surface area contributed by atoms with Crippen LogP contribution in [0.2, 0.25) is 0 Å². The number of nitrogens with one attached hydrogen (secondary N) is 1. The first-order valence-corrected chi connectivity index (χ1v) is 3.70. The first-order valence-electron chi connectivity index (χ1n) is 3.70. The zero-order chi connectivity index (χ0) is 8.55. The van der Waals surface area contributed by atoms with Crippen molar-refractivity contribution >= 4 is 5.69 Å². The molecule has 0 unspecified atom stereocenters. The molecule has 0 fully saturated rings. The lowest BCUT2D eigenvalue weighted by atomic mass is 10.3. The molecule has 0 spiro atoms. The molecule has 0 bridgehead atoms. The fourth-order valence-corrected chi connectivity index (χ4v) is 1.26. The quantitative estimate of drug-likeness (QED) is 0.657. The maximum Gasteiger partial charge on any atom is 0.107 e. The fraction of sp³-hybridized carbons (Fsp3) is 0.125. The van der Waals surface area contributed by atoms with Crippen molar-refractivity contribution in [2.24, 2.45) is 7.05 Å². The van der Waals surface area contributed by atoms with Crippen molar-refractivity contribution in [3.63, 3.8) is 0 Å². The van der Waals surface area contributed by atoms with Gasteiger partial charge in [-0.1, -0.05) is 0 Å². The first kappa shape index (κ1) is 6.97. The van der Waals surface area contributed by atoms with Crippen molar-refractivity contribution in [2.75, 3.05) is 5.73 Å². The van der Waals surface area contributed by atoms with E-state index in [1.807, 2.05) is 25.4 Å². The summed E-state index contributed by atoms with van der Waals surface area (Å²) in [7, 11) is 1.87. The lowest BCUT2D eigenvalue weighted by Gasteiger charge is -1.99. The van der Waals surface area contributed by atoms with E-state index in [-0.39, 0.29) is 0 Å². The molecule has 2 aromatic heterocycles. The number of nitrogen functional groups attached to an aromatic ring is 1. The summed E-state index contributed by atoms with van der Waals surface area (Å²) in [4.78, 5) is 3.08. The summed E-state index contributed by atoms with van der Waals surface area (Å²) in [5.41, 5.74) is 8.35. The Kier molecular flexibility index (Phi) is 1.40. The summed E-state index contributed by atoms with van der Waals surface area (Å²) in [6.45, 7) is 0. The molecule has 0 radical (unpaired) electrons. The van der Waals surface area contributed by atoms with Crippen molar-refractivity contribution < 1.29 is 0 Å². The molecule has 62 valence electrons. The number of nitrogens with two attached hydrogens (primary N) is 1. The third-order valence-corrected chi connectivity index (χ3v) is 1.82. The van der Waals surface area contributed by atoms with Crippen LogP contribution in [0.3, 0.4) is 0 Å². The van der Waals surface area contributed by atoms with E-state index in [0.29, 0.717) is 5.69 Å². The van der Waals surface area contributed by atoms with Gasteiger partial charge in [-0.25, -0.2) is 0 Å². The number of nitrogens with zero attached hydrogens (tertiary/aromatic N) is 2. The molecule has 0 atom stereocenters. The van der Waals surface area contributed by atoms with E-state index in [2.05, 4.69) is 10.1 Å². The van der Waals surface area contributed by atoms with Crippen molar-refractivity contribution in [3.05, 3.63) is 24.5 Å². The predicted molar refractivity (Wildman–Crippen MR) is 47.4 cm³/mol. The van der Waals surface area contributed by atoms with Gasteiger partial charge >= 0.3 is 0 Å². The molecule has 2 aromatic rings. The highest BCUT2D eigenvalue weighted by molar-refractivity contribution is 5.69. The van der Waals surface area contributed by atoms with Crippen molar-refractivity contribution in [1.29, 1.82) is 0 Å². The Morgan fingerprint density at radius 1 is 1.58 bits per heavy atom. The van der Waals surface area contributed by atoms with Crippen LogP contribution in [0.4, 0.5) is 5.69 Å². The summed E-state index contributed by atoms with van der Waals surface area (Å²) in [6, 6.07) is 3.90. The van der Waals surface area contributed by atoms with E-state index in [9.17, 15) is 0 Å². The molecule has 12 heavy (non-hydrogen) atoms. The number of H-pyrrole nitrogens is 1. The Hall–Kier alpha value is -1.71. The van der Waals surface area contributed by atoms with E-state index < -0.39 is 0 Å². The van der Waals surface area contributed by atoms with Crippen LogP contribution in [-0.2, 0) is 7.05 Å². The predicted octanol–water partition coefficient (Wildman–Crippen LogP) is 0.997. The maximum atomic E-state index is 5.73. The number of rotatable bonds is 1. The van der Waals surface area contributed by atoms with Crippen LogP contribution >= 0.6 is 0 Å². The molecule has 0 saturated carbocycles. The first-order chi connectivity index (χ1) is 5.79. The smallest absolute Gasteiger partial charge is 0.107 e. The number of anilines is 1. The average molecular weight is 162 g/mol. The number of aryl methyl sites for hydroxylation is 1. The minimum atomic E-state index is 0.694. The van der Waals surface area contributed by atoms with E-state index in [0.717, 1.165) is 11.4 Å². The second-order valence-corrected chi connectivity index (χ2v) is 2.66. The van der Waals surface area contributed by atoms with Crippen LogP contribution in [-0.4, -0.2) is 14.8 Å². The molecule has 4 nitrogen and oxygen atoms in total. The zero-order valence-electron chi connectivity index (χ0n) is 6.78. The normalized spacial score (nSPS) is 10.4. The molecular formula is C8H10N4. The summed E-state index contributed by atoms with van der Waals surface area (Å²) in [6.07, 6.45) is 3.51. The van der Waals surface area contributed by atoms with Gasteiger partial charge in [-0.05, 0) is 12.1 Å². The zero-order valence-corrected chi connectivity index (χ0v) is 6.78. The summed E-state index contributed by atoms with van der Waals surface area (Å²) >= 11 is 0. The fourth-order valence-electron chi connectivity index (χ4n) is 1.26. The Morgan fingerprint density at radius 2 is 2.42 bits per heavy atom. The van der Waals surface area contributed by atoms with E-state index in [4.69, 9.17) is 5.73 Å². The second kappa shape index (κ2) is 2.41. The molecular weight excluding hydrogens is 152 g/mol. The summed E-state index contributed by atoms with van der Waals surface area (Å²) in [5.74, 6) is 0. The molecule has 2 rings (SSSR count). The van der Waals surface area contributed by atoms with Crippen LogP contribution in [0, 0.1) is 0 Å². The van der Waals surface area contributed by atoms with E-state index in [1.165, 1.54) is 0 Å². The molecule has 0 aliphatic heterocycles. The third-order valence-electron chi connectivity index (χ3n) is 1.82. The Labute approximate surface area is 70.0 Å². The highest BCUT2D eigenvalue weighted by atomic mass is 15.3. The number of aromatic amines is 1. The standard InChI is InChI=1S/C8H10N4/c1-12-8(6(9)5-11-12)7-3-2-4-10-7/h2-5,10H,9H2,1H3. The van der Waals surface area contributed by atoms with Crippen LogP contribution in [0.1, 0.15) is 0 Å². The van der Waals surface area contributed by atoms with Gasteiger partial charge in [-0.2, -0.15) is 5.10 Å². The van der Waals surface area contributed by atoms with Gasteiger partial charge in [0.2, 0.25) is 0 Å². The lowest BCUT2D eigenvalue weighted by Crippen LogP contribution is -1.95. The minimum Gasteiger partial charge on any atom is -0.396 e. The average Bonchev–Trinajstić information content (AvgIpc) is 2.61. The highest BCUT2D eigenvalue weighted by Gasteiger charge is 2.07. The molecule has 4 heteroatoms. The maximum absolute atomic E-state index is 5.73. The molecule has 0 saturated heterocycles. The largest absolute Gasteiger partial charge is 0.396 e. The van der Waals surface area contributed by atoms with Crippen molar-refractivity contribution in [1.82, 2.24) is 14.8 Å². The molecule has 3 N–H and O–H groups in total. The van der Waals surface area contributed by atoms with Gasteiger partial charge in [0.15, 0.2) is 0 Å². The molecule has 0 aliphatic rings. The number of hydrogen-bond donors (Lipinski definition) is 2. The molecule has 2 heterocycles. The summed E-state index contributed by atoms with van der Waals surface area (Å²) < 4.78 is 1.75. The van der Waals surface area contributed by atoms with Gasteiger partial charge < -0.3 is 10.7 Å². The van der Waals surface area contributed by atoms with Gasteiger partial charge in [0.25, 0.3) is 0 Å². The van der Waals surface area contributed by atoms with Crippen LogP contribution < -0.4 is 5.73 Å². The van der Waals surface area contributed by atoms with Crippen molar-refractivity contribution in [2.45, 2.75) is 0 Å². The third kappa shape index (κ3) is 0.887. The molecule has 0 amide bonds.